The maximum Gasteiger partial charge on any atom is 0.253 e. The first-order valence-electron chi connectivity index (χ1n) is 6.07. The third-order valence-corrected chi connectivity index (χ3v) is 3.53. The van der Waals surface area contributed by atoms with Gasteiger partial charge in [0.15, 0.2) is 0 Å². The van der Waals surface area contributed by atoms with Crippen LogP contribution in [0.3, 0.4) is 0 Å². The van der Waals surface area contributed by atoms with Crippen LogP contribution in [0.25, 0.3) is 0 Å². The van der Waals surface area contributed by atoms with E-state index in [0.717, 1.165) is 0 Å². The lowest BCUT2D eigenvalue weighted by Gasteiger charge is -2.30. The second-order valence-corrected chi connectivity index (χ2v) is 5.13. The molecule has 0 spiro atoms. The van der Waals surface area contributed by atoms with Crippen molar-refractivity contribution in [3.63, 3.8) is 0 Å². The molecule has 3 N–H and O–H groups in total. The SMILES string of the molecule is CN1CC(NC(=O)c2cc(N)ccc2Cl)CCC1=O. The van der Waals surface area contributed by atoms with E-state index >= 15 is 0 Å². The molecule has 1 heterocycles. The quantitative estimate of drug-likeness (QED) is 0.802. The van der Waals surface area contributed by atoms with Crippen LogP contribution in [0.5, 0.6) is 0 Å². The number of halogens is 1. The molecule has 0 aliphatic carbocycles. The second kappa shape index (κ2) is 5.48. The van der Waals surface area contributed by atoms with Gasteiger partial charge < -0.3 is 16.0 Å². The molecule has 0 aromatic heterocycles. The van der Waals surface area contributed by atoms with Crippen LogP contribution in [0.1, 0.15) is 23.2 Å². The maximum absolute atomic E-state index is 12.1. The molecule has 2 rings (SSSR count). The number of amides is 2. The Morgan fingerprint density at radius 2 is 2.26 bits per heavy atom. The van der Waals surface area contributed by atoms with E-state index < -0.39 is 0 Å². The molecule has 0 saturated carbocycles. The predicted molar refractivity (Wildman–Crippen MR) is 74.0 cm³/mol. The van der Waals surface area contributed by atoms with Gasteiger partial charge in [-0.05, 0) is 24.6 Å². The summed E-state index contributed by atoms with van der Waals surface area (Å²) >= 11 is 5.98. The highest BCUT2D eigenvalue weighted by Crippen LogP contribution is 2.19. The molecule has 1 aliphatic rings. The number of hydrogen-bond acceptors (Lipinski definition) is 3. The van der Waals surface area contributed by atoms with Crippen molar-refractivity contribution < 1.29 is 9.59 Å². The van der Waals surface area contributed by atoms with Gasteiger partial charge in [0.1, 0.15) is 0 Å². The molecule has 1 aromatic carbocycles. The highest BCUT2D eigenvalue weighted by Gasteiger charge is 2.24. The summed E-state index contributed by atoms with van der Waals surface area (Å²) in [5, 5.41) is 3.25. The van der Waals surface area contributed by atoms with Crippen LogP contribution in [-0.2, 0) is 4.79 Å². The molecule has 0 bridgehead atoms. The van der Waals surface area contributed by atoms with Gasteiger partial charge in [0.2, 0.25) is 5.91 Å². The summed E-state index contributed by atoms with van der Waals surface area (Å²) in [6.07, 6.45) is 1.10. The standard InChI is InChI=1S/C13H16ClN3O2/c1-17-7-9(3-5-12(17)18)16-13(19)10-6-8(15)2-4-11(10)14/h2,4,6,9H,3,5,7,15H2,1H3,(H,16,19). The molecule has 2 amide bonds. The molecular formula is C13H16ClN3O2. The van der Waals surface area contributed by atoms with E-state index in [2.05, 4.69) is 5.32 Å². The topological polar surface area (TPSA) is 75.4 Å². The highest BCUT2D eigenvalue weighted by atomic mass is 35.5. The number of hydrogen-bond donors (Lipinski definition) is 2. The number of benzene rings is 1. The molecule has 1 saturated heterocycles. The minimum Gasteiger partial charge on any atom is -0.399 e. The molecule has 0 radical (unpaired) electrons. The molecule has 1 atom stereocenters. The Morgan fingerprint density at radius 1 is 1.53 bits per heavy atom. The Kier molecular flexibility index (Phi) is 3.95. The van der Waals surface area contributed by atoms with Gasteiger partial charge in [-0.25, -0.2) is 0 Å². The zero-order chi connectivity index (χ0) is 14.0. The van der Waals surface area contributed by atoms with Gasteiger partial charge in [0.05, 0.1) is 10.6 Å². The number of piperidine rings is 1. The lowest BCUT2D eigenvalue weighted by Crippen LogP contribution is -2.48. The van der Waals surface area contributed by atoms with Crippen molar-refractivity contribution in [3.8, 4) is 0 Å². The van der Waals surface area contributed by atoms with Crippen molar-refractivity contribution in [1.82, 2.24) is 10.2 Å². The van der Waals surface area contributed by atoms with E-state index in [1.807, 2.05) is 0 Å². The van der Waals surface area contributed by atoms with Gasteiger partial charge in [0.25, 0.3) is 5.91 Å². The van der Waals surface area contributed by atoms with Crippen LogP contribution in [0.4, 0.5) is 5.69 Å². The first-order chi connectivity index (χ1) is 8.97. The fourth-order valence-electron chi connectivity index (χ4n) is 2.11. The molecule has 19 heavy (non-hydrogen) atoms. The first-order valence-corrected chi connectivity index (χ1v) is 6.45. The van der Waals surface area contributed by atoms with Gasteiger partial charge in [0, 0.05) is 31.7 Å². The maximum atomic E-state index is 12.1. The van der Waals surface area contributed by atoms with Crippen LogP contribution < -0.4 is 11.1 Å². The summed E-state index contributed by atoms with van der Waals surface area (Å²) in [7, 11) is 1.73. The molecule has 1 aliphatic heterocycles. The second-order valence-electron chi connectivity index (χ2n) is 4.72. The molecule has 1 fully saturated rings. The van der Waals surface area contributed by atoms with Crippen molar-refractivity contribution in [2.45, 2.75) is 18.9 Å². The number of anilines is 1. The zero-order valence-electron chi connectivity index (χ0n) is 10.6. The van der Waals surface area contributed by atoms with E-state index in [-0.39, 0.29) is 17.9 Å². The minimum atomic E-state index is -0.259. The number of likely N-dealkylation sites (N-methyl/N-ethyl adjacent to an activating group) is 1. The van der Waals surface area contributed by atoms with Gasteiger partial charge in [-0.2, -0.15) is 0 Å². The van der Waals surface area contributed by atoms with Crippen LogP contribution in [0.2, 0.25) is 5.02 Å². The van der Waals surface area contributed by atoms with E-state index in [1.54, 1.807) is 30.1 Å². The Labute approximate surface area is 116 Å². The smallest absolute Gasteiger partial charge is 0.253 e. The number of nitrogens with zero attached hydrogens (tertiary/aromatic N) is 1. The third kappa shape index (κ3) is 3.17. The number of carbonyl (C=O) groups is 2. The lowest BCUT2D eigenvalue weighted by molar-refractivity contribution is -0.132. The number of rotatable bonds is 2. The lowest BCUT2D eigenvalue weighted by atomic mass is 10.0. The summed E-state index contributed by atoms with van der Waals surface area (Å²) in [6, 6.07) is 4.75. The Balaban J connectivity index is 2.05. The Hall–Kier alpha value is -1.75. The van der Waals surface area contributed by atoms with Crippen LogP contribution >= 0.6 is 11.6 Å². The summed E-state index contributed by atoms with van der Waals surface area (Å²) < 4.78 is 0. The molecule has 5 nitrogen and oxygen atoms in total. The first kappa shape index (κ1) is 13.7. The number of likely N-dealkylation sites (tertiary alicyclic amines) is 1. The van der Waals surface area contributed by atoms with Gasteiger partial charge in [-0.3, -0.25) is 9.59 Å². The van der Waals surface area contributed by atoms with E-state index in [9.17, 15) is 9.59 Å². The van der Waals surface area contributed by atoms with Crippen molar-refractivity contribution in [2.75, 3.05) is 19.3 Å². The third-order valence-electron chi connectivity index (χ3n) is 3.20. The summed E-state index contributed by atoms with van der Waals surface area (Å²) in [4.78, 5) is 25.1. The zero-order valence-corrected chi connectivity index (χ0v) is 11.4. The van der Waals surface area contributed by atoms with Crippen molar-refractivity contribution >= 4 is 29.1 Å². The molecule has 102 valence electrons. The Bertz CT molecular complexity index is 519. The highest BCUT2D eigenvalue weighted by molar-refractivity contribution is 6.34. The van der Waals surface area contributed by atoms with Crippen molar-refractivity contribution in [3.05, 3.63) is 28.8 Å². The van der Waals surface area contributed by atoms with Gasteiger partial charge >= 0.3 is 0 Å². The Morgan fingerprint density at radius 3 is 2.95 bits per heavy atom. The molecule has 1 aromatic rings. The van der Waals surface area contributed by atoms with Crippen molar-refractivity contribution in [2.24, 2.45) is 0 Å². The van der Waals surface area contributed by atoms with Crippen LogP contribution in [0.15, 0.2) is 18.2 Å². The number of nitrogens with one attached hydrogen (secondary N) is 1. The largest absolute Gasteiger partial charge is 0.399 e. The number of carbonyl (C=O) groups excluding carboxylic acids is 2. The van der Waals surface area contributed by atoms with E-state index in [4.69, 9.17) is 17.3 Å². The van der Waals surface area contributed by atoms with Crippen LogP contribution in [0, 0.1) is 0 Å². The molecule has 1 unspecified atom stereocenters. The molecule has 6 heteroatoms. The van der Waals surface area contributed by atoms with Gasteiger partial charge in [-0.15, -0.1) is 0 Å². The number of nitrogen functional groups attached to an aromatic ring is 1. The van der Waals surface area contributed by atoms with E-state index in [1.165, 1.54) is 0 Å². The normalized spacial score (nSPS) is 19.4. The van der Waals surface area contributed by atoms with E-state index in [0.29, 0.717) is 35.7 Å². The fraction of sp³-hybridized carbons (Fsp3) is 0.385. The number of nitrogens with two attached hydrogens (primary N) is 1. The fourth-order valence-corrected chi connectivity index (χ4v) is 2.31. The minimum absolute atomic E-state index is 0.0484. The monoisotopic (exact) mass is 281 g/mol. The van der Waals surface area contributed by atoms with Gasteiger partial charge in [-0.1, -0.05) is 11.6 Å². The average molecular weight is 282 g/mol. The van der Waals surface area contributed by atoms with Crippen molar-refractivity contribution in [1.29, 1.82) is 0 Å². The summed E-state index contributed by atoms with van der Waals surface area (Å²) in [5.41, 5.74) is 6.50. The predicted octanol–water partition coefficient (Wildman–Crippen LogP) is 1.27. The average Bonchev–Trinajstić information content (AvgIpc) is 2.36. The summed E-state index contributed by atoms with van der Waals surface area (Å²) in [6.45, 7) is 0.518. The molecular weight excluding hydrogens is 266 g/mol. The van der Waals surface area contributed by atoms with Crippen LogP contribution in [-0.4, -0.2) is 36.3 Å². The summed E-state index contributed by atoms with van der Waals surface area (Å²) in [5.74, 6) is -0.155.